The van der Waals surface area contributed by atoms with Crippen LogP contribution in [0.25, 0.3) is 0 Å². The number of rotatable bonds is 5. The molecule has 0 unspecified atom stereocenters. The summed E-state index contributed by atoms with van der Waals surface area (Å²) in [5.74, 6) is -0.737. The molecule has 0 radical (unpaired) electrons. The molecule has 0 aliphatic rings. The van der Waals surface area contributed by atoms with E-state index in [1.54, 1.807) is 20.0 Å². The van der Waals surface area contributed by atoms with Crippen LogP contribution in [0.4, 0.5) is 0 Å². The fourth-order valence-corrected chi connectivity index (χ4v) is 1.99. The van der Waals surface area contributed by atoms with E-state index in [0.717, 1.165) is 17.0 Å². The van der Waals surface area contributed by atoms with Crippen LogP contribution in [0, 0.1) is 11.8 Å². The predicted octanol–water partition coefficient (Wildman–Crippen LogP) is 3.37. The van der Waals surface area contributed by atoms with Crippen molar-refractivity contribution in [2.45, 2.75) is 40.5 Å². The molecule has 1 aromatic rings. The zero-order valence-corrected chi connectivity index (χ0v) is 12.3. The summed E-state index contributed by atoms with van der Waals surface area (Å²) >= 11 is 0. The average Bonchev–Trinajstić information content (AvgIpc) is 2.41. The second kappa shape index (κ2) is 7.43. The minimum atomic E-state index is -0.737. The Morgan fingerprint density at radius 1 is 1.35 bits per heavy atom. The first-order valence-corrected chi connectivity index (χ1v) is 6.51. The smallest absolute Gasteiger partial charge is 0.264 e. The maximum absolute atomic E-state index is 11.4. The molecule has 0 fully saturated rings. The van der Waals surface area contributed by atoms with Crippen molar-refractivity contribution in [3.05, 3.63) is 45.8 Å². The number of aromatic nitrogens is 1. The molecule has 0 aliphatic heterocycles. The van der Waals surface area contributed by atoms with Crippen molar-refractivity contribution >= 4 is 11.6 Å². The first-order valence-electron chi connectivity index (χ1n) is 6.51. The second-order valence-electron chi connectivity index (χ2n) is 4.59. The number of aliphatic imine (C=N–C) groups is 1. The SMILES string of the molecule is CC/C(C(=O)N=O)=C(/C)N=C(C)Cc1cccnc1C. The van der Waals surface area contributed by atoms with Crippen molar-refractivity contribution in [2.75, 3.05) is 0 Å². The summed E-state index contributed by atoms with van der Waals surface area (Å²) in [4.78, 5) is 30.3. The van der Waals surface area contributed by atoms with Gasteiger partial charge >= 0.3 is 5.91 Å². The minimum Gasteiger partial charge on any atom is -0.264 e. The van der Waals surface area contributed by atoms with Gasteiger partial charge < -0.3 is 0 Å². The molecule has 0 aliphatic carbocycles. The Bertz CT molecular complexity index is 574. The van der Waals surface area contributed by atoms with E-state index in [1.165, 1.54) is 0 Å². The largest absolute Gasteiger partial charge is 0.314 e. The fraction of sp³-hybridized carbons (Fsp3) is 0.400. The molecule has 5 heteroatoms. The molecule has 1 heterocycles. The summed E-state index contributed by atoms with van der Waals surface area (Å²) < 4.78 is 0. The van der Waals surface area contributed by atoms with Gasteiger partial charge in [-0.05, 0) is 38.8 Å². The third-order valence-electron chi connectivity index (χ3n) is 3.05. The van der Waals surface area contributed by atoms with Crippen LogP contribution in [0.1, 0.15) is 38.4 Å². The molecule has 1 aromatic heterocycles. The molecule has 0 N–H and O–H groups in total. The van der Waals surface area contributed by atoms with Crippen LogP contribution in [0.2, 0.25) is 0 Å². The van der Waals surface area contributed by atoms with Gasteiger partial charge in [0.1, 0.15) is 0 Å². The van der Waals surface area contributed by atoms with Crippen molar-refractivity contribution in [1.82, 2.24) is 4.98 Å². The van der Waals surface area contributed by atoms with Crippen LogP contribution in [0.5, 0.6) is 0 Å². The van der Waals surface area contributed by atoms with E-state index in [-0.39, 0.29) is 0 Å². The molecule has 5 nitrogen and oxygen atoms in total. The van der Waals surface area contributed by atoms with E-state index in [2.05, 4.69) is 15.2 Å². The molecule has 0 spiro atoms. The Morgan fingerprint density at radius 3 is 2.60 bits per heavy atom. The predicted molar refractivity (Wildman–Crippen MR) is 79.6 cm³/mol. The van der Waals surface area contributed by atoms with Crippen LogP contribution >= 0.6 is 0 Å². The number of amides is 1. The normalized spacial score (nSPS) is 12.9. The molecule has 1 rings (SSSR count). The first-order chi connectivity index (χ1) is 9.49. The van der Waals surface area contributed by atoms with Gasteiger partial charge in [0.05, 0.1) is 0 Å². The highest BCUT2D eigenvalue weighted by Crippen LogP contribution is 2.13. The standard InChI is InChI=1S/C15H19N3O2/c1-5-14(15(19)18-20)12(4)17-10(2)9-13-7-6-8-16-11(13)3/h6-8H,5,9H2,1-4H3/b14-12+,17-10?. The van der Waals surface area contributed by atoms with Gasteiger partial charge in [-0.3, -0.25) is 14.8 Å². The maximum atomic E-state index is 11.4. The number of carbonyl (C=O) groups is 1. The van der Waals surface area contributed by atoms with E-state index < -0.39 is 5.91 Å². The van der Waals surface area contributed by atoms with Gasteiger partial charge in [-0.15, -0.1) is 4.91 Å². The van der Waals surface area contributed by atoms with Gasteiger partial charge in [-0.2, -0.15) is 0 Å². The van der Waals surface area contributed by atoms with Gasteiger partial charge in [-0.1, -0.05) is 13.0 Å². The molecular weight excluding hydrogens is 254 g/mol. The molecule has 106 valence electrons. The number of hydrogen-bond acceptors (Lipinski definition) is 4. The van der Waals surface area contributed by atoms with Crippen molar-refractivity contribution in [3.8, 4) is 0 Å². The average molecular weight is 273 g/mol. The lowest BCUT2D eigenvalue weighted by Gasteiger charge is -2.06. The third kappa shape index (κ3) is 4.19. The lowest BCUT2D eigenvalue weighted by atomic mass is 10.1. The van der Waals surface area contributed by atoms with Crippen LogP contribution in [0.3, 0.4) is 0 Å². The highest BCUT2D eigenvalue weighted by molar-refractivity contribution is 5.95. The Hall–Kier alpha value is -2.17. The summed E-state index contributed by atoms with van der Waals surface area (Å²) in [5, 5.41) is 2.46. The van der Waals surface area contributed by atoms with Gasteiger partial charge in [0.15, 0.2) is 0 Å². The monoisotopic (exact) mass is 273 g/mol. The number of hydrogen-bond donors (Lipinski definition) is 0. The van der Waals surface area contributed by atoms with Crippen molar-refractivity contribution < 1.29 is 4.79 Å². The van der Waals surface area contributed by atoms with Crippen molar-refractivity contribution in [1.29, 1.82) is 0 Å². The topological polar surface area (TPSA) is 71.8 Å². The Balaban J connectivity index is 2.98. The highest BCUT2D eigenvalue weighted by atomic mass is 16.3. The lowest BCUT2D eigenvalue weighted by molar-refractivity contribution is -0.114. The summed E-state index contributed by atoms with van der Waals surface area (Å²) in [5.41, 5.74) is 3.84. The van der Waals surface area contributed by atoms with Crippen LogP contribution in [-0.4, -0.2) is 16.6 Å². The Labute approximate surface area is 118 Å². The zero-order valence-electron chi connectivity index (χ0n) is 12.3. The molecule has 20 heavy (non-hydrogen) atoms. The number of nitroso groups, excluding NO2 is 1. The maximum Gasteiger partial charge on any atom is 0.314 e. The number of nitrogens with zero attached hydrogens (tertiary/aromatic N) is 3. The fourth-order valence-electron chi connectivity index (χ4n) is 1.99. The molecule has 0 saturated carbocycles. The molecule has 0 atom stereocenters. The summed E-state index contributed by atoms with van der Waals surface area (Å²) in [6.45, 7) is 7.37. The van der Waals surface area contributed by atoms with E-state index in [9.17, 15) is 9.70 Å². The van der Waals surface area contributed by atoms with E-state index >= 15 is 0 Å². The minimum absolute atomic E-state index is 0.363. The second-order valence-corrected chi connectivity index (χ2v) is 4.59. The van der Waals surface area contributed by atoms with E-state index in [0.29, 0.717) is 24.1 Å². The summed E-state index contributed by atoms with van der Waals surface area (Å²) in [6, 6.07) is 3.88. The van der Waals surface area contributed by atoms with Crippen LogP contribution in [-0.2, 0) is 11.2 Å². The first kappa shape index (κ1) is 15.9. The summed E-state index contributed by atoms with van der Waals surface area (Å²) in [6.07, 6.45) is 2.86. The number of pyridine rings is 1. The van der Waals surface area contributed by atoms with Crippen LogP contribution < -0.4 is 0 Å². The number of allylic oxidation sites excluding steroid dienone is 1. The van der Waals surface area contributed by atoms with E-state index in [1.807, 2.05) is 26.0 Å². The van der Waals surface area contributed by atoms with Crippen LogP contribution in [0.15, 0.2) is 39.8 Å². The molecule has 0 saturated heterocycles. The van der Waals surface area contributed by atoms with Gasteiger partial charge in [0.2, 0.25) is 0 Å². The quantitative estimate of drug-likeness (QED) is 0.469. The Kier molecular flexibility index (Phi) is 5.90. The number of aryl methyl sites for hydroxylation is 1. The number of carbonyl (C=O) groups excluding carboxylic acids is 1. The third-order valence-corrected chi connectivity index (χ3v) is 3.05. The van der Waals surface area contributed by atoms with E-state index in [4.69, 9.17) is 0 Å². The molecule has 1 amide bonds. The highest BCUT2D eigenvalue weighted by Gasteiger charge is 2.11. The zero-order chi connectivity index (χ0) is 15.1. The van der Waals surface area contributed by atoms with Gasteiger partial charge in [-0.25, -0.2) is 0 Å². The van der Waals surface area contributed by atoms with Gasteiger partial charge in [0, 0.05) is 40.5 Å². The molecule has 0 bridgehead atoms. The molecular formula is C15H19N3O2. The van der Waals surface area contributed by atoms with Crippen molar-refractivity contribution in [2.24, 2.45) is 10.2 Å². The van der Waals surface area contributed by atoms with Gasteiger partial charge in [0.25, 0.3) is 0 Å². The summed E-state index contributed by atoms with van der Waals surface area (Å²) in [7, 11) is 0. The molecule has 0 aromatic carbocycles. The van der Waals surface area contributed by atoms with Crippen molar-refractivity contribution in [3.63, 3.8) is 0 Å². The lowest BCUT2D eigenvalue weighted by Crippen LogP contribution is -2.04. The Morgan fingerprint density at radius 2 is 2.05 bits per heavy atom.